The second kappa shape index (κ2) is 5.57. The van der Waals surface area contributed by atoms with Crippen molar-refractivity contribution >= 4 is 22.7 Å². The standard InChI is InChI=1S/C14H16O4S/c1-8(2)19-12-7-9(15)13-10(16-3)5-6-11(17-4)14(13)18-12/h5-8H,1-4H3. The van der Waals surface area contributed by atoms with Gasteiger partial charge in [0.25, 0.3) is 0 Å². The second-order valence-corrected chi connectivity index (χ2v) is 5.85. The summed E-state index contributed by atoms with van der Waals surface area (Å²) in [5.41, 5.74) is 0.303. The van der Waals surface area contributed by atoms with E-state index in [0.29, 0.717) is 32.8 Å². The fraction of sp³-hybridized carbons (Fsp3) is 0.357. The summed E-state index contributed by atoms with van der Waals surface area (Å²) >= 11 is 1.50. The van der Waals surface area contributed by atoms with Crippen LogP contribution in [0.5, 0.6) is 11.5 Å². The largest absolute Gasteiger partial charge is 0.496 e. The molecule has 2 aromatic rings. The molecule has 0 aliphatic heterocycles. The van der Waals surface area contributed by atoms with Gasteiger partial charge in [-0.15, -0.1) is 0 Å². The Hall–Kier alpha value is -1.62. The fourth-order valence-corrected chi connectivity index (χ4v) is 2.58. The normalized spacial score (nSPS) is 11.0. The molecule has 0 N–H and O–H groups in total. The summed E-state index contributed by atoms with van der Waals surface area (Å²) in [7, 11) is 3.07. The maximum Gasteiger partial charge on any atom is 0.197 e. The molecule has 1 heterocycles. The lowest BCUT2D eigenvalue weighted by molar-refractivity contribution is 0.393. The zero-order chi connectivity index (χ0) is 14.0. The van der Waals surface area contributed by atoms with Gasteiger partial charge in [-0.2, -0.15) is 0 Å². The Morgan fingerprint density at radius 3 is 2.37 bits per heavy atom. The van der Waals surface area contributed by atoms with E-state index in [1.807, 2.05) is 13.8 Å². The molecular formula is C14H16O4S. The monoisotopic (exact) mass is 280 g/mol. The Kier molecular flexibility index (Phi) is 4.04. The predicted octanol–water partition coefficient (Wildman–Crippen LogP) is 3.31. The van der Waals surface area contributed by atoms with Gasteiger partial charge in [-0.1, -0.05) is 25.6 Å². The Morgan fingerprint density at radius 1 is 1.16 bits per heavy atom. The van der Waals surface area contributed by atoms with Crippen molar-refractivity contribution in [1.82, 2.24) is 0 Å². The van der Waals surface area contributed by atoms with E-state index in [2.05, 4.69) is 0 Å². The Balaban J connectivity index is 2.74. The van der Waals surface area contributed by atoms with E-state index in [-0.39, 0.29) is 5.43 Å². The number of hydrogen-bond acceptors (Lipinski definition) is 5. The molecule has 0 aliphatic carbocycles. The first-order chi connectivity index (χ1) is 9.06. The molecule has 0 spiro atoms. The van der Waals surface area contributed by atoms with Crippen molar-refractivity contribution in [1.29, 1.82) is 0 Å². The number of rotatable bonds is 4. The molecule has 0 fully saturated rings. The lowest BCUT2D eigenvalue weighted by Gasteiger charge is -2.10. The van der Waals surface area contributed by atoms with Crippen LogP contribution in [0.4, 0.5) is 0 Å². The van der Waals surface area contributed by atoms with Crippen LogP contribution in [0.1, 0.15) is 13.8 Å². The van der Waals surface area contributed by atoms with Gasteiger partial charge in [0.05, 0.1) is 14.2 Å². The van der Waals surface area contributed by atoms with Crippen LogP contribution in [0.2, 0.25) is 0 Å². The van der Waals surface area contributed by atoms with Gasteiger partial charge < -0.3 is 13.9 Å². The third-order valence-electron chi connectivity index (χ3n) is 2.57. The molecule has 0 saturated carbocycles. The Labute approximate surface area is 115 Å². The van der Waals surface area contributed by atoms with E-state index in [1.54, 1.807) is 19.2 Å². The smallest absolute Gasteiger partial charge is 0.197 e. The summed E-state index contributed by atoms with van der Waals surface area (Å²) in [6, 6.07) is 4.93. The summed E-state index contributed by atoms with van der Waals surface area (Å²) in [6.07, 6.45) is 0. The quantitative estimate of drug-likeness (QED) is 0.804. The van der Waals surface area contributed by atoms with Crippen LogP contribution >= 0.6 is 11.8 Å². The molecule has 1 aromatic carbocycles. The molecular weight excluding hydrogens is 264 g/mol. The van der Waals surface area contributed by atoms with Crippen LogP contribution in [0.3, 0.4) is 0 Å². The molecule has 0 saturated heterocycles. The van der Waals surface area contributed by atoms with Crippen molar-refractivity contribution in [3.8, 4) is 11.5 Å². The molecule has 0 unspecified atom stereocenters. The summed E-state index contributed by atoms with van der Waals surface area (Å²) in [4.78, 5) is 12.2. The SMILES string of the molecule is COc1ccc(OC)c2c(=O)cc(SC(C)C)oc12. The molecule has 2 rings (SSSR count). The lowest BCUT2D eigenvalue weighted by atomic mass is 10.2. The fourth-order valence-electron chi connectivity index (χ4n) is 1.81. The number of thioether (sulfide) groups is 1. The zero-order valence-electron chi connectivity index (χ0n) is 11.4. The highest BCUT2D eigenvalue weighted by atomic mass is 32.2. The minimum atomic E-state index is -0.125. The van der Waals surface area contributed by atoms with E-state index in [1.165, 1.54) is 24.9 Å². The molecule has 19 heavy (non-hydrogen) atoms. The van der Waals surface area contributed by atoms with Crippen molar-refractivity contribution in [3.63, 3.8) is 0 Å². The number of hydrogen-bond donors (Lipinski definition) is 0. The van der Waals surface area contributed by atoms with Crippen LogP contribution in [0.25, 0.3) is 11.0 Å². The number of fused-ring (bicyclic) bond motifs is 1. The number of benzene rings is 1. The average Bonchev–Trinajstić information content (AvgIpc) is 2.36. The van der Waals surface area contributed by atoms with E-state index < -0.39 is 0 Å². The molecule has 0 bridgehead atoms. The number of ether oxygens (including phenoxy) is 2. The van der Waals surface area contributed by atoms with Crippen molar-refractivity contribution in [2.24, 2.45) is 0 Å². The first-order valence-corrected chi connectivity index (χ1v) is 6.80. The zero-order valence-corrected chi connectivity index (χ0v) is 12.2. The van der Waals surface area contributed by atoms with E-state index >= 15 is 0 Å². The minimum Gasteiger partial charge on any atom is -0.496 e. The third kappa shape index (κ3) is 2.71. The highest BCUT2D eigenvalue weighted by Crippen LogP contribution is 2.34. The maximum absolute atomic E-state index is 12.2. The van der Waals surface area contributed by atoms with E-state index in [9.17, 15) is 4.79 Å². The molecule has 0 atom stereocenters. The highest BCUT2D eigenvalue weighted by Gasteiger charge is 2.15. The van der Waals surface area contributed by atoms with Gasteiger partial charge in [0, 0.05) is 11.3 Å². The van der Waals surface area contributed by atoms with Gasteiger partial charge in [-0.05, 0) is 12.1 Å². The average molecular weight is 280 g/mol. The first-order valence-electron chi connectivity index (χ1n) is 5.92. The molecule has 5 heteroatoms. The first kappa shape index (κ1) is 13.8. The molecule has 4 nitrogen and oxygen atoms in total. The summed E-state index contributed by atoms with van der Waals surface area (Å²) in [6.45, 7) is 4.08. The summed E-state index contributed by atoms with van der Waals surface area (Å²) in [5, 5.41) is 1.33. The van der Waals surface area contributed by atoms with Crippen molar-refractivity contribution in [2.45, 2.75) is 24.2 Å². The topological polar surface area (TPSA) is 48.7 Å². The molecule has 0 amide bonds. The number of methoxy groups -OCH3 is 2. The van der Waals surface area contributed by atoms with Crippen LogP contribution in [-0.2, 0) is 0 Å². The van der Waals surface area contributed by atoms with Crippen molar-refractivity contribution in [2.75, 3.05) is 14.2 Å². The third-order valence-corrected chi connectivity index (χ3v) is 3.48. The van der Waals surface area contributed by atoms with Gasteiger partial charge in [-0.3, -0.25) is 4.79 Å². The second-order valence-electron chi connectivity index (χ2n) is 4.27. The van der Waals surface area contributed by atoms with E-state index in [0.717, 1.165) is 0 Å². The van der Waals surface area contributed by atoms with Gasteiger partial charge in [0.2, 0.25) is 0 Å². The minimum absolute atomic E-state index is 0.125. The molecule has 1 aromatic heterocycles. The predicted molar refractivity (Wildman–Crippen MR) is 76.6 cm³/mol. The van der Waals surface area contributed by atoms with Crippen LogP contribution in [0.15, 0.2) is 32.5 Å². The Morgan fingerprint density at radius 2 is 1.79 bits per heavy atom. The van der Waals surface area contributed by atoms with Gasteiger partial charge in [0.15, 0.2) is 21.9 Å². The van der Waals surface area contributed by atoms with Crippen LogP contribution < -0.4 is 14.9 Å². The highest BCUT2D eigenvalue weighted by molar-refractivity contribution is 7.99. The summed E-state index contributed by atoms with van der Waals surface area (Å²) in [5.74, 6) is 1.02. The Bertz CT molecular complexity index is 646. The molecule has 0 radical (unpaired) electrons. The van der Waals surface area contributed by atoms with Crippen molar-refractivity contribution < 1.29 is 13.9 Å². The van der Waals surface area contributed by atoms with Crippen molar-refractivity contribution in [3.05, 3.63) is 28.4 Å². The van der Waals surface area contributed by atoms with Crippen LogP contribution in [0, 0.1) is 0 Å². The van der Waals surface area contributed by atoms with Gasteiger partial charge in [-0.25, -0.2) is 0 Å². The summed E-state index contributed by atoms with van der Waals surface area (Å²) < 4.78 is 16.2. The maximum atomic E-state index is 12.2. The van der Waals surface area contributed by atoms with Gasteiger partial charge >= 0.3 is 0 Å². The van der Waals surface area contributed by atoms with Gasteiger partial charge in [0.1, 0.15) is 11.1 Å². The molecule has 102 valence electrons. The lowest BCUT2D eigenvalue weighted by Crippen LogP contribution is -2.04. The van der Waals surface area contributed by atoms with E-state index in [4.69, 9.17) is 13.9 Å². The molecule has 0 aliphatic rings. The van der Waals surface area contributed by atoms with Crippen LogP contribution in [-0.4, -0.2) is 19.5 Å².